The van der Waals surface area contributed by atoms with Crippen LogP contribution < -0.4 is 21.1 Å². The van der Waals surface area contributed by atoms with Crippen LogP contribution >= 0.6 is 0 Å². The first kappa shape index (κ1) is 49.1. The van der Waals surface area contributed by atoms with Crippen LogP contribution in [0.25, 0.3) is 0 Å². The van der Waals surface area contributed by atoms with Crippen molar-refractivity contribution in [2.24, 2.45) is 0 Å². The predicted molar refractivity (Wildman–Crippen MR) is 256 cm³/mol. The second-order valence-corrected chi connectivity index (χ2v) is 13.9. The largest absolute Gasteiger partial charge is 0.463 e. The Bertz CT molecular complexity index is 3280. The Labute approximate surface area is 395 Å². The lowest BCUT2D eigenvalue weighted by molar-refractivity contribution is -0.155. The maximum Gasteiger partial charge on any atom is 0.351 e. The Morgan fingerprint density at radius 1 is 0.735 bits per heavy atom. The summed E-state index contributed by atoms with van der Waals surface area (Å²) in [5.74, 6) is 48.9. The van der Waals surface area contributed by atoms with Crippen LogP contribution in [-0.2, 0) is 19.1 Å². The first-order chi connectivity index (χ1) is 33.3. The zero-order valence-electron chi connectivity index (χ0n) is 36.5. The maximum atomic E-state index is 13.3. The number of aromatic nitrogens is 2. The van der Waals surface area contributed by atoms with E-state index in [-0.39, 0.29) is 43.4 Å². The molecule has 2 N–H and O–H groups in total. The number of hydrogen-bond acceptors (Lipinski definition) is 9. The number of ether oxygens (including phenoxy) is 3. The first-order valence-corrected chi connectivity index (χ1v) is 20.6. The first-order valence-electron chi connectivity index (χ1n) is 20.6. The van der Waals surface area contributed by atoms with Crippen LogP contribution in [0.3, 0.4) is 0 Å². The third kappa shape index (κ3) is 17.7. The van der Waals surface area contributed by atoms with Crippen LogP contribution in [-0.4, -0.2) is 53.0 Å². The van der Waals surface area contributed by atoms with Crippen LogP contribution in [0.1, 0.15) is 58.5 Å². The van der Waals surface area contributed by atoms with Crippen molar-refractivity contribution in [3.63, 3.8) is 0 Å². The lowest BCUT2D eigenvalue weighted by Gasteiger charge is -2.31. The number of anilines is 1. The van der Waals surface area contributed by atoms with Gasteiger partial charge >= 0.3 is 11.7 Å². The molecule has 0 bridgehead atoms. The number of ketones is 1. The van der Waals surface area contributed by atoms with E-state index in [1.54, 1.807) is 42.5 Å². The average molecular weight is 889 g/mol. The molecule has 1 amide bonds. The Morgan fingerprint density at radius 2 is 1.29 bits per heavy atom. The molecule has 1 unspecified atom stereocenters. The summed E-state index contributed by atoms with van der Waals surface area (Å²) < 4.78 is 18.3. The summed E-state index contributed by atoms with van der Waals surface area (Å²) in [7, 11) is 0. The van der Waals surface area contributed by atoms with Gasteiger partial charge in [-0.15, -0.1) is 6.42 Å². The van der Waals surface area contributed by atoms with Gasteiger partial charge in [-0.25, -0.2) is 4.79 Å². The lowest BCUT2D eigenvalue weighted by Crippen LogP contribution is -2.47. The SMILES string of the molecule is C#CC#CC#CC#CC#CC#CC#CC#CC#CC#CC#COc1ccc(C(CC(=O)CCC(=O)OC[C@@H]2CNC[C@H](n3ccc(NC(=O)c4ccccc4)nc3=O)O2)c2ccc(C)cc2)cc1. The number of carbonyl (C=O) groups is 3. The Kier molecular flexibility index (Phi) is 20.2. The van der Waals surface area contributed by atoms with Gasteiger partial charge in [0.25, 0.3) is 5.91 Å². The number of morpholine rings is 1. The Morgan fingerprint density at radius 3 is 1.87 bits per heavy atom. The number of benzene rings is 3. The molecule has 326 valence electrons. The molecule has 2 heterocycles. The molecule has 1 saturated heterocycles. The Hall–Kier alpha value is -9.97. The molecule has 1 fully saturated rings. The van der Waals surface area contributed by atoms with Crippen LogP contribution in [0.15, 0.2) is 95.9 Å². The fraction of sp³-hybridized carbons (Fsp3) is 0.175. The zero-order chi connectivity index (χ0) is 48.0. The van der Waals surface area contributed by atoms with Gasteiger partial charge in [0.15, 0.2) is 6.23 Å². The van der Waals surface area contributed by atoms with Gasteiger partial charge in [0.1, 0.15) is 36.2 Å². The van der Waals surface area contributed by atoms with Gasteiger partial charge in [-0.2, -0.15) is 4.98 Å². The summed E-state index contributed by atoms with van der Waals surface area (Å²) >= 11 is 0. The second-order valence-electron chi connectivity index (χ2n) is 13.9. The highest BCUT2D eigenvalue weighted by Gasteiger charge is 2.26. The molecule has 1 aliphatic rings. The van der Waals surface area contributed by atoms with E-state index in [9.17, 15) is 19.2 Å². The standard InChI is InChI=1S/C57H36N4O7/c1-3-4-5-6-7-8-9-10-11-12-13-14-15-16-17-18-19-20-21-25-40-66-50-35-32-47(33-36-50)52(46-30-28-45(2)29-31-46)41-49(62)34-37-55(63)67-44-51-42-58-43-54(68-51)61-39-38-53(60-57(61)65)59-56(64)48-26-23-22-24-27-48/h1,22-24,26-33,35-36,38-39,51-52,54,58H,34,37,41-44H2,2H3,(H,59,60,64,65)/t51-,52?,54+/m0/s1. The second kappa shape index (κ2) is 28.0. The highest BCUT2D eigenvalue weighted by Crippen LogP contribution is 2.30. The molecule has 3 aromatic carbocycles. The summed E-state index contributed by atoms with van der Waals surface area (Å²) in [4.78, 5) is 55.5. The molecule has 5 rings (SSSR count). The van der Waals surface area contributed by atoms with E-state index >= 15 is 0 Å². The van der Waals surface area contributed by atoms with Gasteiger partial charge in [-0.05, 0) is 95.7 Å². The van der Waals surface area contributed by atoms with Crippen molar-refractivity contribution in [2.45, 2.75) is 44.4 Å². The predicted octanol–water partition coefficient (Wildman–Crippen LogP) is 4.41. The highest BCUT2D eigenvalue weighted by atomic mass is 16.6. The minimum atomic E-state index is -0.729. The third-order valence-corrected chi connectivity index (χ3v) is 9.11. The van der Waals surface area contributed by atoms with E-state index < -0.39 is 29.9 Å². The van der Waals surface area contributed by atoms with Gasteiger partial charge in [0, 0.05) is 115 Å². The third-order valence-electron chi connectivity index (χ3n) is 9.11. The Balaban J connectivity index is 1.06. The van der Waals surface area contributed by atoms with Crippen molar-refractivity contribution in [1.82, 2.24) is 14.9 Å². The molecule has 0 aliphatic carbocycles. The van der Waals surface area contributed by atoms with Crippen LogP contribution in [0.2, 0.25) is 0 Å². The molecule has 11 nitrogen and oxygen atoms in total. The average Bonchev–Trinajstić information content (AvgIpc) is 3.35. The lowest BCUT2D eigenvalue weighted by atomic mass is 9.86. The van der Waals surface area contributed by atoms with Crippen molar-refractivity contribution < 1.29 is 28.6 Å². The summed E-state index contributed by atoms with van der Waals surface area (Å²) in [6, 6.07) is 25.2. The fourth-order valence-electron chi connectivity index (χ4n) is 5.93. The van der Waals surface area contributed by atoms with Crippen molar-refractivity contribution in [3.05, 3.63) is 124 Å². The topological polar surface area (TPSA) is 138 Å². The molecule has 3 atom stereocenters. The molecule has 11 heteroatoms. The van der Waals surface area contributed by atoms with E-state index in [1.807, 2.05) is 43.3 Å². The quantitative estimate of drug-likeness (QED) is 0.148. The number of terminal acetylenes is 1. The van der Waals surface area contributed by atoms with Crippen molar-refractivity contribution in [1.29, 1.82) is 0 Å². The molecule has 1 aromatic heterocycles. The van der Waals surface area contributed by atoms with E-state index in [4.69, 9.17) is 20.6 Å². The van der Waals surface area contributed by atoms with Gasteiger partial charge in [-0.3, -0.25) is 19.0 Å². The molecule has 0 radical (unpaired) electrons. The fourth-order valence-corrected chi connectivity index (χ4v) is 5.93. The van der Waals surface area contributed by atoms with Gasteiger partial charge in [-0.1, -0.05) is 60.2 Å². The van der Waals surface area contributed by atoms with Crippen LogP contribution in [0, 0.1) is 138 Å². The summed E-state index contributed by atoms with van der Waals surface area (Å²) in [6.45, 7) is 2.59. The normalized spacial score (nSPS) is 12.6. The zero-order valence-corrected chi connectivity index (χ0v) is 36.5. The van der Waals surface area contributed by atoms with E-state index in [1.165, 1.54) is 16.8 Å². The van der Waals surface area contributed by atoms with Crippen molar-refractivity contribution >= 4 is 23.5 Å². The molecule has 0 saturated carbocycles. The minimum Gasteiger partial charge on any atom is -0.463 e. The number of rotatable bonds is 13. The summed E-state index contributed by atoms with van der Waals surface area (Å²) in [5.41, 5.74) is 2.70. The van der Waals surface area contributed by atoms with Crippen LogP contribution in [0.4, 0.5) is 5.82 Å². The summed E-state index contributed by atoms with van der Waals surface area (Å²) in [6.07, 6.45) is 7.71. The maximum absolute atomic E-state index is 13.3. The number of amides is 1. The molecule has 68 heavy (non-hydrogen) atoms. The van der Waals surface area contributed by atoms with Gasteiger partial charge in [0.05, 0.1) is 6.42 Å². The number of aryl methyl sites for hydroxylation is 1. The van der Waals surface area contributed by atoms with Gasteiger partial charge in [0.2, 0.25) is 0 Å². The number of nitrogens with zero attached hydrogens (tertiary/aromatic N) is 2. The van der Waals surface area contributed by atoms with E-state index in [0.29, 0.717) is 24.4 Å². The van der Waals surface area contributed by atoms with E-state index in [0.717, 1.165) is 16.7 Å². The van der Waals surface area contributed by atoms with Gasteiger partial charge < -0.3 is 24.8 Å². The smallest absolute Gasteiger partial charge is 0.351 e. The number of carbonyl (C=O) groups excluding carboxylic acids is 3. The number of hydrogen-bond donors (Lipinski definition) is 2. The number of nitrogens with one attached hydrogen (secondary N) is 2. The van der Waals surface area contributed by atoms with Crippen molar-refractivity contribution in [2.75, 3.05) is 25.0 Å². The molecular weight excluding hydrogens is 853 g/mol. The summed E-state index contributed by atoms with van der Waals surface area (Å²) in [5, 5.41) is 5.79. The minimum absolute atomic E-state index is 0.0164. The molecule has 0 spiro atoms. The molecular formula is C57H36N4O7. The highest BCUT2D eigenvalue weighted by molar-refractivity contribution is 6.03. The number of Topliss-reactive ketones (excluding diaryl/α,β-unsaturated/α-hetero) is 1. The molecule has 4 aromatic rings. The van der Waals surface area contributed by atoms with Crippen LogP contribution in [0.5, 0.6) is 5.75 Å². The number of esters is 1. The van der Waals surface area contributed by atoms with E-state index in [2.05, 4.69) is 140 Å². The van der Waals surface area contributed by atoms with Crippen molar-refractivity contribution in [3.8, 4) is 137 Å². The monoisotopic (exact) mass is 888 g/mol. The molecule has 1 aliphatic heterocycles.